The second-order valence-corrected chi connectivity index (χ2v) is 7.23. The van der Waals surface area contributed by atoms with Gasteiger partial charge in [-0.2, -0.15) is 0 Å². The molecule has 2 nitrogen and oxygen atoms in total. The van der Waals surface area contributed by atoms with Gasteiger partial charge in [0, 0.05) is 12.3 Å². The molecule has 0 saturated carbocycles. The van der Waals surface area contributed by atoms with Crippen molar-refractivity contribution in [2.45, 2.75) is 58.4 Å². The molecule has 0 amide bonds. The van der Waals surface area contributed by atoms with Crippen LogP contribution in [0.3, 0.4) is 0 Å². The average molecular weight is 340 g/mol. The quantitative estimate of drug-likeness (QED) is 0.421. The van der Waals surface area contributed by atoms with Gasteiger partial charge in [-0.1, -0.05) is 81.6 Å². The van der Waals surface area contributed by atoms with Gasteiger partial charge in [0.2, 0.25) is 0 Å². The highest BCUT2D eigenvalue weighted by Gasteiger charge is 2.00. The Labute approximate surface area is 145 Å². The summed E-state index contributed by atoms with van der Waals surface area (Å²) in [5.74, 6) is 2.01. The highest BCUT2D eigenvalue weighted by Crippen LogP contribution is 2.14. The van der Waals surface area contributed by atoms with Crippen molar-refractivity contribution in [2.24, 2.45) is 0 Å². The van der Waals surface area contributed by atoms with E-state index in [9.17, 15) is 0 Å². The molecule has 0 fully saturated rings. The van der Waals surface area contributed by atoms with Crippen LogP contribution in [-0.4, -0.2) is 17.2 Å². The smallest absolute Gasteiger partial charge is 0.134 e. The van der Waals surface area contributed by atoms with Crippen LogP contribution in [0.2, 0.25) is 0 Å². The monoisotopic (exact) mass is 339 g/mol. The lowest BCUT2D eigenvalue weighted by Gasteiger charge is -2.08. The number of nitrogens with one attached hydrogen (secondary N) is 1. The summed E-state index contributed by atoms with van der Waals surface area (Å²) in [6, 6.07) is 8.08. The molecule has 0 saturated heterocycles. The molecule has 22 heavy (non-hydrogen) atoms. The Kier molecular flexibility index (Phi) is 11.2. The van der Waals surface area contributed by atoms with Crippen molar-refractivity contribution < 1.29 is 4.74 Å². The molecule has 1 aromatic rings. The Hall–Kier alpha value is -0.740. The summed E-state index contributed by atoms with van der Waals surface area (Å²) in [5.41, 5.74) is 1.19. The summed E-state index contributed by atoms with van der Waals surface area (Å²) in [4.78, 5) is 0. The van der Waals surface area contributed by atoms with Gasteiger partial charge in [0.1, 0.15) is 10.1 Å². The number of unbranched alkanes of at least 4 members (excludes halogenated alkanes) is 6. The largest absolute Gasteiger partial charge is 0.497 e. The van der Waals surface area contributed by atoms with E-state index in [0.717, 1.165) is 22.4 Å². The SMILES string of the molecule is CCCCCCCCCSC(=S)NCc1cccc(OC)c1. The Morgan fingerprint density at radius 1 is 1.14 bits per heavy atom. The zero-order chi connectivity index (χ0) is 16.0. The Balaban J connectivity index is 2.03. The molecule has 0 aliphatic heterocycles. The number of hydrogen-bond donors (Lipinski definition) is 1. The van der Waals surface area contributed by atoms with Gasteiger partial charge in [0.15, 0.2) is 0 Å². The van der Waals surface area contributed by atoms with Gasteiger partial charge >= 0.3 is 0 Å². The van der Waals surface area contributed by atoms with Crippen molar-refractivity contribution >= 4 is 28.3 Å². The molecule has 0 aromatic heterocycles. The molecular weight excluding hydrogens is 310 g/mol. The van der Waals surface area contributed by atoms with Crippen LogP contribution in [0, 0.1) is 0 Å². The van der Waals surface area contributed by atoms with E-state index in [1.54, 1.807) is 18.9 Å². The number of benzene rings is 1. The zero-order valence-corrected chi connectivity index (χ0v) is 15.5. The molecular formula is C18H29NOS2. The number of ether oxygens (including phenoxy) is 1. The molecule has 0 aliphatic rings. The second kappa shape index (κ2) is 12.8. The molecule has 124 valence electrons. The molecule has 0 unspecified atom stereocenters. The minimum Gasteiger partial charge on any atom is -0.497 e. The van der Waals surface area contributed by atoms with Gasteiger partial charge in [-0.05, 0) is 24.1 Å². The van der Waals surface area contributed by atoms with Gasteiger partial charge in [-0.25, -0.2) is 0 Å². The summed E-state index contributed by atoms with van der Waals surface area (Å²) in [5, 5.41) is 3.31. The molecule has 0 radical (unpaired) electrons. The van der Waals surface area contributed by atoms with E-state index in [4.69, 9.17) is 17.0 Å². The molecule has 0 atom stereocenters. The van der Waals surface area contributed by atoms with E-state index in [2.05, 4.69) is 18.3 Å². The summed E-state index contributed by atoms with van der Waals surface area (Å²) in [6.07, 6.45) is 9.44. The molecule has 1 rings (SSSR count). The van der Waals surface area contributed by atoms with Crippen molar-refractivity contribution in [3.8, 4) is 5.75 Å². The average Bonchev–Trinajstić information content (AvgIpc) is 2.55. The zero-order valence-electron chi connectivity index (χ0n) is 13.9. The van der Waals surface area contributed by atoms with Gasteiger partial charge in [-0.15, -0.1) is 0 Å². The third kappa shape index (κ3) is 9.31. The van der Waals surface area contributed by atoms with Gasteiger partial charge < -0.3 is 10.1 Å². The Bertz CT molecular complexity index is 423. The summed E-state index contributed by atoms with van der Waals surface area (Å²) < 4.78 is 6.12. The van der Waals surface area contributed by atoms with Crippen LogP contribution in [0.15, 0.2) is 24.3 Å². The summed E-state index contributed by atoms with van der Waals surface area (Å²) in [6.45, 7) is 3.02. The first-order valence-electron chi connectivity index (χ1n) is 8.29. The molecule has 4 heteroatoms. The molecule has 0 aliphatic carbocycles. The van der Waals surface area contributed by atoms with Gasteiger partial charge in [-0.3, -0.25) is 0 Å². The maximum Gasteiger partial charge on any atom is 0.134 e. The second-order valence-electron chi connectivity index (χ2n) is 5.46. The number of hydrogen-bond acceptors (Lipinski definition) is 3. The minimum absolute atomic E-state index is 0.764. The molecule has 1 aromatic carbocycles. The molecule has 0 bridgehead atoms. The van der Waals surface area contributed by atoms with Crippen LogP contribution in [0.1, 0.15) is 57.4 Å². The minimum atomic E-state index is 0.764. The van der Waals surface area contributed by atoms with Crippen molar-refractivity contribution in [2.75, 3.05) is 12.9 Å². The molecule has 0 heterocycles. The summed E-state index contributed by atoms with van der Waals surface area (Å²) >= 11 is 7.13. The lowest BCUT2D eigenvalue weighted by Crippen LogP contribution is -2.18. The number of methoxy groups -OCH3 is 1. The first kappa shape index (κ1) is 19.3. The lowest BCUT2D eigenvalue weighted by molar-refractivity contribution is 0.414. The van der Waals surface area contributed by atoms with E-state index in [-0.39, 0.29) is 0 Å². The lowest BCUT2D eigenvalue weighted by atomic mass is 10.1. The Morgan fingerprint density at radius 2 is 1.86 bits per heavy atom. The van der Waals surface area contributed by atoms with E-state index in [1.165, 1.54) is 50.5 Å². The number of thiocarbonyl (C=S) groups is 1. The number of rotatable bonds is 11. The standard InChI is InChI=1S/C18H29NOS2/c1-3-4-5-6-7-8-9-13-22-18(21)19-15-16-11-10-12-17(14-16)20-2/h10-12,14H,3-9,13,15H2,1-2H3,(H,19,21). The first-order valence-corrected chi connectivity index (χ1v) is 9.69. The van der Waals surface area contributed by atoms with Crippen LogP contribution in [0.25, 0.3) is 0 Å². The third-order valence-corrected chi connectivity index (χ3v) is 4.95. The van der Waals surface area contributed by atoms with E-state index < -0.39 is 0 Å². The van der Waals surface area contributed by atoms with Crippen LogP contribution >= 0.6 is 24.0 Å². The van der Waals surface area contributed by atoms with Crippen LogP contribution in [0.5, 0.6) is 5.75 Å². The van der Waals surface area contributed by atoms with Gasteiger partial charge in [0.05, 0.1) is 7.11 Å². The maximum atomic E-state index is 5.37. The van der Waals surface area contributed by atoms with Crippen LogP contribution < -0.4 is 10.1 Å². The predicted molar refractivity (Wildman–Crippen MR) is 103 cm³/mol. The Morgan fingerprint density at radius 3 is 2.59 bits per heavy atom. The van der Waals surface area contributed by atoms with E-state index >= 15 is 0 Å². The maximum absolute atomic E-state index is 5.37. The van der Waals surface area contributed by atoms with E-state index in [0.29, 0.717) is 0 Å². The highest BCUT2D eigenvalue weighted by atomic mass is 32.2. The fourth-order valence-corrected chi connectivity index (χ4v) is 3.26. The van der Waals surface area contributed by atoms with Crippen molar-refractivity contribution in [1.82, 2.24) is 5.32 Å². The topological polar surface area (TPSA) is 21.3 Å². The van der Waals surface area contributed by atoms with Gasteiger partial charge in [0.25, 0.3) is 0 Å². The van der Waals surface area contributed by atoms with E-state index in [1.807, 2.05) is 18.2 Å². The normalized spacial score (nSPS) is 10.5. The molecule has 1 N–H and O–H groups in total. The van der Waals surface area contributed by atoms with Crippen molar-refractivity contribution in [3.63, 3.8) is 0 Å². The predicted octanol–water partition coefficient (Wildman–Crippen LogP) is 5.55. The fourth-order valence-electron chi connectivity index (χ4n) is 2.23. The first-order chi connectivity index (χ1) is 10.8. The third-order valence-electron chi connectivity index (χ3n) is 3.55. The van der Waals surface area contributed by atoms with Crippen molar-refractivity contribution in [1.29, 1.82) is 0 Å². The van der Waals surface area contributed by atoms with Crippen molar-refractivity contribution in [3.05, 3.63) is 29.8 Å². The molecule has 0 spiro atoms. The highest BCUT2D eigenvalue weighted by molar-refractivity contribution is 8.22. The van der Waals surface area contributed by atoms with Crippen LogP contribution in [-0.2, 0) is 6.54 Å². The fraction of sp³-hybridized carbons (Fsp3) is 0.611. The summed E-state index contributed by atoms with van der Waals surface area (Å²) in [7, 11) is 1.69. The number of thioether (sulfide) groups is 1. The van der Waals surface area contributed by atoms with Crippen LogP contribution in [0.4, 0.5) is 0 Å².